The van der Waals surface area contributed by atoms with Crippen LogP contribution in [0.5, 0.6) is 0 Å². The minimum Gasteiger partial charge on any atom is -0.203 e. The van der Waals surface area contributed by atoms with Crippen LogP contribution in [0, 0.1) is 0 Å². The van der Waals surface area contributed by atoms with Gasteiger partial charge in [0, 0.05) is 0 Å². The van der Waals surface area contributed by atoms with E-state index in [-0.39, 0.29) is 11.3 Å². The van der Waals surface area contributed by atoms with Crippen LogP contribution in [-0.2, 0) is 0 Å². The van der Waals surface area contributed by atoms with Crippen LogP contribution in [0.25, 0.3) is 0 Å². The van der Waals surface area contributed by atoms with Crippen molar-refractivity contribution >= 4 is 7.92 Å². The van der Waals surface area contributed by atoms with E-state index in [1.807, 2.05) is 0 Å². The van der Waals surface area contributed by atoms with Crippen molar-refractivity contribution in [2.24, 2.45) is 0 Å². The number of rotatable bonds is 3. The molecule has 0 saturated heterocycles. The van der Waals surface area contributed by atoms with Gasteiger partial charge < -0.3 is 0 Å². The van der Waals surface area contributed by atoms with Gasteiger partial charge in [0.05, 0.1) is 0 Å². The molecule has 0 atom stereocenters. The Morgan fingerprint density at radius 2 is 1.27 bits per heavy atom. The number of hydrogen-bond donors (Lipinski definition) is 0. The van der Waals surface area contributed by atoms with Crippen LogP contribution in [0.3, 0.4) is 0 Å². The van der Waals surface area contributed by atoms with Crippen molar-refractivity contribution in [1.29, 1.82) is 0 Å². The van der Waals surface area contributed by atoms with E-state index in [0.29, 0.717) is 0 Å². The highest BCUT2D eigenvalue weighted by molar-refractivity contribution is 7.63. The van der Waals surface area contributed by atoms with Gasteiger partial charge >= 0.3 is 6.18 Å². The Morgan fingerprint density at radius 1 is 0.933 bits per heavy atom. The molecule has 0 aromatic heterocycles. The van der Waals surface area contributed by atoms with Crippen LogP contribution in [0.15, 0.2) is 11.4 Å². The first-order valence-electron chi connectivity index (χ1n) is 4.49. The maximum atomic E-state index is 13.3. The topological polar surface area (TPSA) is 0 Å². The minimum atomic E-state index is -5.21. The molecule has 0 aliphatic rings. The molecule has 0 saturated carbocycles. The molecule has 0 amide bonds. The van der Waals surface area contributed by atoms with Crippen molar-refractivity contribution in [3.05, 3.63) is 11.4 Å². The molecule has 0 aromatic carbocycles. The van der Waals surface area contributed by atoms with Gasteiger partial charge in [-0.2, -0.15) is 17.6 Å². The molecule has 0 rings (SSSR count). The fraction of sp³-hybridized carbons (Fsp3) is 0.778. The molecule has 0 spiro atoms. The quantitative estimate of drug-likeness (QED) is 0.489. The summed E-state index contributed by atoms with van der Waals surface area (Å²) in [4.78, 5) is 0. The van der Waals surface area contributed by atoms with Crippen LogP contribution in [0.4, 0.5) is 22.0 Å². The summed E-state index contributed by atoms with van der Waals surface area (Å²) in [5.74, 6) is -2.57. The summed E-state index contributed by atoms with van der Waals surface area (Å²) < 4.78 is 61.7. The lowest BCUT2D eigenvalue weighted by Gasteiger charge is -2.24. The highest BCUT2D eigenvalue weighted by Crippen LogP contribution is 2.56. The molecule has 0 radical (unpaired) electrons. The summed E-state index contributed by atoms with van der Waals surface area (Å²) >= 11 is 0. The number of halogens is 5. The van der Waals surface area contributed by atoms with E-state index in [9.17, 15) is 22.0 Å². The van der Waals surface area contributed by atoms with Crippen LogP contribution in [-0.4, -0.2) is 17.5 Å². The summed E-state index contributed by atoms with van der Waals surface area (Å²) in [6.07, 6.45) is -5.21. The Balaban J connectivity index is 5.17. The van der Waals surface area contributed by atoms with Gasteiger partial charge in [-0.15, -0.1) is 0 Å². The summed E-state index contributed by atoms with van der Waals surface area (Å²) in [5.41, 5.74) is -2.25. The van der Waals surface area contributed by atoms with Crippen molar-refractivity contribution in [3.8, 4) is 0 Å². The molecule has 0 heterocycles. The van der Waals surface area contributed by atoms with Gasteiger partial charge in [0.15, 0.2) is 5.57 Å². The first-order chi connectivity index (χ1) is 6.59. The van der Waals surface area contributed by atoms with Gasteiger partial charge in [0.2, 0.25) is 5.83 Å². The van der Waals surface area contributed by atoms with Gasteiger partial charge in [-0.1, -0.05) is 27.7 Å². The van der Waals surface area contributed by atoms with Crippen LogP contribution < -0.4 is 0 Å². The molecule has 0 fully saturated rings. The highest BCUT2D eigenvalue weighted by atomic mass is 31.1. The third-order valence-corrected chi connectivity index (χ3v) is 4.64. The molecule has 15 heavy (non-hydrogen) atoms. The van der Waals surface area contributed by atoms with E-state index >= 15 is 0 Å². The lowest BCUT2D eigenvalue weighted by molar-refractivity contribution is -0.110. The molecule has 0 nitrogen and oxygen atoms in total. The van der Waals surface area contributed by atoms with E-state index in [0.717, 1.165) is 0 Å². The summed E-state index contributed by atoms with van der Waals surface area (Å²) in [6, 6.07) is 0. The lowest BCUT2D eigenvalue weighted by atomic mass is 10.5. The molecule has 0 aromatic rings. The second kappa shape index (κ2) is 5.24. The van der Waals surface area contributed by atoms with Gasteiger partial charge in [-0.3, -0.25) is 0 Å². The first-order valence-corrected chi connectivity index (χ1v) is 5.97. The molecular weight excluding hydrogens is 234 g/mol. The van der Waals surface area contributed by atoms with Crippen LogP contribution in [0.1, 0.15) is 27.7 Å². The zero-order valence-electron chi connectivity index (χ0n) is 8.99. The fourth-order valence-electron chi connectivity index (χ4n) is 1.28. The van der Waals surface area contributed by atoms with Gasteiger partial charge in [-0.05, 0) is 19.2 Å². The Kier molecular flexibility index (Phi) is 5.18. The number of alkyl halides is 3. The minimum absolute atomic E-state index is 0.312. The van der Waals surface area contributed by atoms with Crippen molar-refractivity contribution in [1.82, 2.24) is 0 Å². The Bertz CT molecular complexity index is 233. The van der Waals surface area contributed by atoms with Crippen molar-refractivity contribution < 1.29 is 22.0 Å². The van der Waals surface area contributed by atoms with Crippen molar-refractivity contribution in [2.45, 2.75) is 45.2 Å². The van der Waals surface area contributed by atoms with E-state index < -0.39 is 25.5 Å². The van der Waals surface area contributed by atoms with Crippen LogP contribution in [0.2, 0.25) is 0 Å². The Hall–Kier alpha value is -0.180. The highest BCUT2D eigenvalue weighted by Gasteiger charge is 2.41. The third-order valence-electron chi connectivity index (χ3n) is 1.77. The normalized spacial score (nSPS) is 15.2. The Morgan fingerprint density at radius 3 is 1.47 bits per heavy atom. The predicted molar refractivity (Wildman–Crippen MR) is 52.5 cm³/mol. The number of allylic oxidation sites excluding steroid dienone is 1. The third kappa shape index (κ3) is 4.06. The zero-order valence-corrected chi connectivity index (χ0v) is 9.89. The average Bonchev–Trinajstić information content (AvgIpc) is 1.99. The summed E-state index contributed by atoms with van der Waals surface area (Å²) in [7, 11) is -1.73. The van der Waals surface area contributed by atoms with Crippen molar-refractivity contribution in [3.63, 3.8) is 0 Å². The SMILES string of the molecule is CC(C)P(/C(F)=C(/F)C(F)(F)F)C(C)C. The largest absolute Gasteiger partial charge is 0.445 e. The first kappa shape index (κ1) is 14.8. The molecule has 0 bridgehead atoms. The average molecular weight is 248 g/mol. The standard InChI is InChI=1S/C9H14F5P/c1-5(2)15(6(3)4)8(11)7(10)9(12,13)14/h5-6H,1-4H3/b8-7+. The molecular formula is C9H14F5P. The molecule has 0 N–H and O–H groups in total. The monoisotopic (exact) mass is 248 g/mol. The van der Waals surface area contributed by atoms with Gasteiger partial charge in [0.1, 0.15) is 0 Å². The fourth-order valence-corrected chi connectivity index (χ4v) is 3.73. The Labute approximate surface area is 87.3 Å². The maximum Gasteiger partial charge on any atom is 0.445 e. The van der Waals surface area contributed by atoms with E-state index in [2.05, 4.69) is 0 Å². The van der Waals surface area contributed by atoms with Gasteiger partial charge in [0.25, 0.3) is 0 Å². The summed E-state index contributed by atoms with van der Waals surface area (Å²) in [6.45, 7) is 6.37. The predicted octanol–water partition coefficient (Wildman–Crippen LogP) is 4.96. The second-order valence-corrected chi connectivity index (χ2v) is 6.97. The van der Waals surface area contributed by atoms with Crippen molar-refractivity contribution in [2.75, 3.05) is 0 Å². The van der Waals surface area contributed by atoms with E-state index in [1.54, 1.807) is 27.7 Å². The molecule has 0 unspecified atom stereocenters. The molecule has 0 aliphatic heterocycles. The number of hydrogen-bond acceptors (Lipinski definition) is 0. The summed E-state index contributed by atoms with van der Waals surface area (Å²) in [5, 5.41) is 0. The van der Waals surface area contributed by atoms with E-state index in [4.69, 9.17) is 0 Å². The molecule has 90 valence electrons. The molecule has 6 heteroatoms. The van der Waals surface area contributed by atoms with E-state index in [1.165, 1.54) is 0 Å². The zero-order chi connectivity index (χ0) is 12.4. The van der Waals surface area contributed by atoms with Crippen LogP contribution >= 0.6 is 7.92 Å². The maximum absolute atomic E-state index is 13.3. The molecule has 0 aliphatic carbocycles. The van der Waals surface area contributed by atoms with Gasteiger partial charge in [-0.25, -0.2) is 4.39 Å². The second-order valence-electron chi connectivity index (χ2n) is 3.70. The smallest absolute Gasteiger partial charge is 0.203 e. The lowest BCUT2D eigenvalue weighted by Crippen LogP contribution is -2.12.